The minimum atomic E-state index is -0.840. The first-order valence-electron chi connectivity index (χ1n) is 17.3. The maximum absolute atomic E-state index is 14.4. The molecule has 11 heteroatoms. The van der Waals surface area contributed by atoms with Gasteiger partial charge in [-0.2, -0.15) is 0 Å². The molecule has 10 nitrogen and oxygen atoms in total. The number of anilines is 2. The van der Waals surface area contributed by atoms with E-state index in [0.29, 0.717) is 27.6 Å². The Bertz CT molecular complexity index is 2220. The van der Waals surface area contributed by atoms with Crippen molar-refractivity contribution in [3.63, 3.8) is 0 Å². The molecule has 3 aliphatic heterocycles. The molecule has 4 amide bonds. The average Bonchev–Trinajstić information content (AvgIpc) is 3.17. The van der Waals surface area contributed by atoms with Gasteiger partial charge in [-0.25, -0.2) is 9.69 Å². The lowest BCUT2D eigenvalue weighted by atomic mass is 9.76. The topological polar surface area (TPSA) is 122 Å². The SMILES string of the molecule is O=C1NC(=O)N(c2cc3c4c(c2)[C@H](c2ccccc2)CCN4CC[C@@H]3c2ccccc2)C(=O)/C1=C/c1cc(Cl)ccc1OCc1ccc([N+](=O)[O-])cc1. The minimum Gasteiger partial charge on any atom is -0.488 e. The van der Waals surface area contributed by atoms with Crippen molar-refractivity contribution in [2.75, 3.05) is 22.9 Å². The summed E-state index contributed by atoms with van der Waals surface area (Å²) in [5.74, 6) is -1.22. The third-order valence-electron chi connectivity index (χ3n) is 10.2. The summed E-state index contributed by atoms with van der Waals surface area (Å²) >= 11 is 6.36. The van der Waals surface area contributed by atoms with Crippen LogP contribution >= 0.6 is 11.6 Å². The van der Waals surface area contributed by atoms with Gasteiger partial charge in [0.1, 0.15) is 17.9 Å². The highest BCUT2D eigenvalue weighted by atomic mass is 35.5. The zero-order chi connectivity index (χ0) is 36.6. The van der Waals surface area contributed by atoms with Gasteiger partial charge in [-0.3, -0.25) is 25.0 Å². The van der Waals surface area contributed by atoms with Crippen molar-refractivity contribution in [1.82, 2.24) is 5.32 Å². The van der Waals surface area contributed by atoms with Gasteiger partial charge in [0, 0.05) is 53.3 Å². The van der Waals surface area contributed by atoms with Crippen molar-refractivity contribution < 1.29 is 24.0 Å². The fourth-order valence-corrected chi connectivity index (χ4v) is 7.84. The number of ether oxygens (including phenoxy) is 1. The summed E-state index contributed by atoms with van der Waals surface area (Å²) in [6, 6.07) is 34.3. The highest BCUT2D eigenvalue weighted by molar-refractivity contribution is 6.39. The van der Waals surface area contributed by atoms with Crippen LogP contribution in [0.4, 0.5) is 21.9 Å². The summed E-state index contributed by atoms with van der Waals surface area (Å²) < 4.78 is 6.04. The largest absolute Gasteiger partial charge is 0.488 e. The Morgan fingerprint density at radius 2 is 1.42 bits per heavy atom. The maximum atomic E-state index is 14.4. The lowest BCUT2D eigenvalue weighted by Crippen LogP contribution is -2.54. The van der Waals surface area contributed by atoms with E-state index in [4.69, 9.17) is 16.3 Å². The van der Waals surface area contributed by atoms with Gasteiger partial charge in [-0.05, 0) is 89.2 Å². The number of nitro benzene ring substituents is 1. The van der Waals surface area contributed by atoms with Crippen molar-refractivity contribution in [1.29, 1.82) is 0 Å². The molecule has 1 N–H and O–H groups in total. The quantitative estimate of drug-likeness (QED) is 0.0739. The Morgan fingerprint density at radius 3 is 2.00 bits per heavy atom. The molecule has 1 saturated heterocycles. The number of benzene rings is 5. The number of nitro groups is 1. The zero-order valence-electron chi connectivity index (χ0n) is 28.4. The molecule has 264 valence electrons. The molecule has 8 rings (SSSR count). The van der Waals surface area contributed by atoms with E-state index in [9.17, 15) is 24.5 Å². The van der Waals surface area contributed by atoms with E-state index in [1.165, 1.54) is 18.2 Å². The number of barbiturate groups is 1. The number of rotatable bonds is 8. The first-order chi connectivity index (χ1) is 25.7. The van der Waals surface area contributed by atoms with E-state index in [2.05, 4.69) is 34.5 Å². The van der Waals surface area contributed by atoms with E-state index >= 15 is 0 Å². The van der Waals surface area contributed by atoms with Crippen LogP contribution in [0.25, 0.3) is 6.08 Å². The molecule has 5 aromatic rings. The van der Waals surface area contributed by atoms with E-state index in [1.54, 1.807) is 30.3 Å². The number of carbonyl (C=O) groups excluding carboxylic acids is 3. The molecule has 2 atom stereocenters. The van der Waals surface area contributed by atoms with E-state index in [1.807, 2.05) is 48.5 Å². The van der Waals surface area contributed by atoms with Crippen LogP contribution in [0, 0.1) is 10.1 Å². The van der Waals surface area contributed by atoms with Gasteiger partial charge < -0.3 is 9.64 Å². The van der Waals surface area contributed by atoms with Crippen LogP contribution in [0.3, 0.4) is 0 Å². The number of non-ortho nitro benzene ring substituents is 1. The van der Waals surface area contributed by atoms with Gasteiger partial charge in [0.2, 0.25) is 0 Å². The van der Waals surface area contributed by atoms with Gasteiger partial charge in [-0.15, -0.1) is 0 Å². The highest BCUT2D eigenvalue weighted by Gasteiger charge is 2.40. The summed E-state index contributed by atoms with van der Waals surface area (Å²) in [5, 5.41) is 13.8. The number of nitrogens with zero attached hydrogens (tertiary/aromatic N) is 3. The fourth-order valence-electron chi connectivity index (χ4n) is 7.65. The van der Waals surface area contributed by atoms with Gasteiger partial charge in [0.15, 0.2) is 0 Å². The second-order valence-electron chi connectivity index (χ2n) is 13.3. The van der Waals surface area contributed by atoms with Crippen molar-refractivity contribution in [2.45, 2.75) is 31.3 Å². The molecule has 0 spiro atoms. The summed E-state index contributed by atoms with van der Waals surface area (Å²) in [4.78, 5) is 55.5. The van der Waals surface area contributed by atoms with Gasteiger partial charge in [0.05, 0.1) is 10.6 Å². The average molecular weight is 725 g/mol. The minimum absolute atomic E-state index is 0.0391. The molecule has 0 aliphatic carbocycles. The zero-order valence-corrected chi connectivity index (χ0v) is 29.2. The van der Waals surface area contributed by atoms with Crippen LogP contribution in [0.1, 0.15) is 58.1 Å². The standard InChI is InChI=1S/C42H33ClN4O6/c43-30-13-16-38(53-25-26-11-14-31(15-12-26)47(51)52)29(21-30)22-37-40(48)44-42(50)46(41(37)49)32-23-35-33(27-7-3-1-4-8-27)17-19-45-20-18-34(36(24-32)39(35)45)28-9-5-2-6-10-28/h1-16,21-24,33-34H,17-20,25H2,(H,44,48,50)/b37-22+/t33-,34+. The lowest BCUT2D eigenvalue weighted by molar-refractivity contribution is -0.384. The van der Waals surface area contributed by atoms with Gasteiger partial charge in [-0.1, -0.05) is 72.3 Å². The second kappa shape index (κ2) is 14.0. The van der Waals surface area contributed by atoms with E-state index in [0.717, 1.165) is 58.8 Å². The Balaban J connectivity index is 1.19. The van der Waals surface area contributed by atoms with E-state index in [-0.39, 0.29) is 29.7 Å². The van der Waals surface area contributed by atoms with Crippen molar-refractivity contribution in [2.24, 2.45) is 0 Å². The number of carbonyl (C=O) groups is 3. The first kappa shape index (κ1) is 33.9. The monoisotopic (exact) mass is 724 g/mol. The smallest absolute Gasteiger partial charge is 0.335 e. The van der Waals surface area contributed by atoms with Crippen LogP contribution in [-0.2, 0) is 16.2 Å². The molecule has 0 radical (unpaired) electrons. The number of imide groups is 2. The number of hydrogen-bond acceptors (Lipinski definition) is 7. The third kappa shape index (κ3) is 6.53. The molecule has 0 saturated carbocycles. The predicted molar refractivity (Wildman–Crippen MR) is 202 cm³/mol. The lowest BCUT2D eigenvalue weighted by Gasteiger charge is -2.44. The van der Waals surface area contributed by atoms with Crippen LogP contribution in [-0.4, -0.2) is 35.9 Å². The van der Waals surface area contributed by atoms with Crippen molar-refractivity contribution in [3.05, 3.63) is 169 Å². The Labute approximate surface area is 310 Å². The Kier molecular flexibility index (Phi) is 8.97. The van der Waals surface area contributed by atoms with Crippen LogP contribution < -0.4 is 19.9 Å². The number of urea groups is 1. The third-order valence-corrected chi connectivity index (χ3v) is 10.4. The predicted octanol–water partition coefficient (Wildman–Crippen LogP) is 8.37. The van der Waals surface area contributed by atoms with Gasteiger partial charge >= 0.3 is 6.03 Å². The Morgan fingerprint density at radius 1 is 0.811 bits per heavy atom. The molecule has 0 bridgehead atoms. The second-order valence-corrected chi connectivity index (χ2v) is 13.8. The number of amides is 4. The molecule has 0 unspecified atom stereocenters. The molecular formula is C42H33ClN4O6. The molecule has 5 aromatic carbocycles. The van der Waals surface area contributed by atoms with Gasteiger partial charge in [0.25, 0.3) is 17.5 Å². The van der Waals surface area contributed by atoms with Crippen LogP contribution in [0.5, 0.6) is 5.75 Å². The molecule has 1 fully saturated rings. The normalized spacial score (nSPS) is 18.8. The van der Waals surface area contributed by atoms with Crippen LogP contribution in [0.2, 0.25) is 5.02 Å². The summed E-state index contributed by atoms with van der Waals surface area (Å²) in [6.07, 6.45) is 3.12. The maximum Gasteiger partial charge on any atom is 0.335 e. The summed E-state index contributed by atoms with van der Waals surface area (Å²) in [6.45, 7) is 1.83. The summed E-state index contributed by atoms with van der Waals surface area (Å²) in [7, 11) is 0. The van der Waals surface area contributed by atoms with Crippen molar-refractivity contribution >= 4 is 52.6 Å². The van der Waals surface area contributed by atoms with Crippen LogP contribution in [0.15, 0.2) is 121 Å². The molecule has 3 heterocycles. The Hall–Kier alpha value is -6.26. The highest BCUT2D eigenvalue weighted by Crippen LogP contribution is 2.50. The van der Waals surface area contributed by atoms with Crippen molar-refractivity contribution in [3.8, 4) is 5.75 Å². The number of halogens is 1. The first-order valence-corrected chi connectivity index (χ1v) is 17.7. The number of hydrogen-bond donors (Lipinski definition) is 1. The molecule has 3 aliphatic rings. The fraction of sp³-hybridized carbons (Fsp3) is 0.167. The molecule has 0 aromatic heterocycles. The molecule has 53 heavy (non-hydrogen) atoms. The number of nitrogens with one attached hydrogen (secondary N) is 1. The van der Waals surface area contributed by atoms with E-state index < -0.39 is 22.8 Å². The summed E-state index contributed by atoms with van der Waals surface area (Å²) in [5.41, 5.74) is 6.61. The molecular weight excluding hydrogens is 692 g/mol.